The molecule has 0 bridgehead atoms. The number of ether oxygens (including phenoxy) is 3. The first-order valence-electron chi connectivity index (χ1n) is 8.05. The molecule has 1 fully saturated rings. The molecule has 24 heavy (non-hydrogen) atoms. The van der Waals surface area contributed by atoms with Crippen LogP contribution in [0.25, 0.3) is 0 Å². The lowest BCUT2D eigenvalue weighted by Gasteiger charge is -2.24. The average molecular weight is 327 g/mol. The van der Waals surface area contributed by atoms with Crippen molar-refractivity contribution in [3.8, 4) is 11.5 Å². The Hall–Kier alpha value is -2.37. The lowest BCUT2D eigenvalue weighted by Crippen LogP contribution is -2.43. The van der Waals surface area contributed by atoms with Gasteiger partial charge in [-0.05, 0) is 36.8 Å². The van der Waals surface area contributed by atoms with Crippen LogP contribution in [0, 0.1) is 0 Å². The van der Waals surface area contributed by atoms with Gasteiger partial charge in [-0.25, -0.2) is 0 Å². The highest BCUT2D eigenvalue weighted by molar-refractivity contribution is 5.81. The molecular weight excluding hydrogens is 306 g/mol. The molecule has 3 rings (SSSR count). The zero-order valence-electron chi connectivity index (χ0n) is 13.6. The highest BCUT2D eigenvalue weighted by Gasteiger charge is 2.24. The molecule has 1 aliphatic rings. The van der Waals surface area contributed by atoms with Gasteiger partial charge in [0.25, 0.3) is 5.91 Å². The summed E-state index contributed by atoms with van der Waals surface area (Å²) in [5, 5.41) is 2.95. The Bertz CT molecular complexity index is 651. The van der Waals surface area contributed by atoms with Crippen molar-refractivity contribution in [3.05, 3.63) is 60.2 Å². The fraction of sp³-hybridized carbons (Fsp3) is 0.316. The maximum Gasteiger partial charge on any atom is 0.252 e. The van der Waals surface area contributed by atoms with E-state index in [0.717, 1.165) is 17.1 Å². The van der Waals surface area contributed by atoms with Crippen molar-refractivity contribution < 1.29 is 19.0 Å². The van der Waals surface area contributed by atoms with Crippen molar-refractivity contribution in [2.45, 2.75) is 19.1 Å². The molecule has 1 saturated heterocycles. The van der Waals surface area contributed by atoms with Crippen LogP contribution in [-0.4, -0.2) is 31.8 Å². The minimum Gasteiger partial charge on any atom is -0.457 e. The number of hydrogen-bond acceptors (Lipinski definition) is 4. The van der Waals surface area contributed by atoms with E-state index in [1.54, 1.807) is 0 Å². The summed E-state index contributed by atoms with van der Waals surface area (Å²) in [6.45, 7) is 3.25. The number of hydrogen-bond donors (Lipinski definition) is 1. The molecular formula is C19H21NO4. The first kappa shape index (κ1) is 16.5. The lowest BCUT2D eigenvalue weighted by molar-refractivity contribution is -0.148. The van der Waals surface area contributed by atoms with Gasteiger partial charge in [-0.1, -0.05) is 30.3 Å². The molecule has 0 aliphatic carbocycles. The van der Waals surface area contributed by atoms with Crippen LogP contribution < -0.4 is 10.1 Å². The van der Waals surface area contributed by atoms with Crippen LogP contribution in [0.2, 0.25) is 0 Å². The molecule has 126 valence electrons. The van der Waals surface area contributed by atoms with Crippen molar-refractivity contribution in [3.63, 3.8) is 0 Å². The van der Waals surface area contributed by atoms with Crippen LogP contribution in [-0.2, 0) is 14.3 Å². The molecule has 2 atom stereocenters. The Kier molecular flexibility index (Phi) is 5.46. The van der Waals surface area contributed by atoms with Gasteiger partial charge in [0.2, 0.25) is 0 Å². The zero-order chi connectivity index (χ0) is 16.8. The van der Waals surface area contributed by atoms with E-state index < -0.39 is 6.10 Å². The van der Waals surface area contributed by atoms with E-state index in [2.05, 4.69) is 5.32 Å². The summed E-state index contributed by atoms with van der Waals surface area (Å²) in [6.07, 6.45) is -0.526. The first-order chi connectivity index (χ1) is 11.7. The summed E-state index contributed by atoms with van der Waals surface area (Å²) in [6, 6.07) is 17.2. The second-order valence-corrected chi connectivity index (χ2v) is 5.65. The summed E-state index contributed by atoms with van der Waals surface area (Å²) in [4.78, 5) is 12.1. The Morgan fingerprint density at radius 2 is 1.79 bits per heavy atom. The van der Waals surface area contributed by atoms with E-state index in [-0.39, 0.29) is 11.9 Å². The number of rotatable bonds is 5. The molecule has 1 amide bonds. The Morgan fingerprint density at radius 1 is 1.08 bits per heavy atom. The quantitative estimate of drug-likeness (QED) is 0.917. The SMILES string of the molecule is CC(NC(=O)C1COCCO1)c1ccc(Oc2ccccc2)cc1. The summed E-state index contributed by atoms with van der Waals surface area (Å²) in [5.74, 6) is 1.40. The monoisotopic (exact) mass is 327 g/mol. The molecule has 2 aromatic carbocycles. The number of carbonyl (C=O) groups excluding carboxylic acids is 1. The van der Waals surface area contributed by atoms with E-state index >= 15 is 0 Å². The fourth-order valence-electron chi connectivity index (χ4n) is 2.48. The van der Waals surface area contributed by atoms with E-state index in [0.29, 0.717) is 19.8 Å². The highest BCUT2D eigenvalue weighted by atomic mass is 16.6. The second kappa shape index (κ2) is 7.95. The third-order valence-corrected chi connectivity index (χ3v) is 3.83. The molecule has 2 aromatic rings. The average Bonchev–Trinajstić information content (AvgIpc) is 2.64. The van der Waals surface area contributed by atoms with Gasteiger partial charge in [0.1, 0.15) is 11.5 Å². The summed E-state index contributed by atoms with van der Waals surface area (Å²) < 4.78 is 16.4. The molecule has 2 unspecified atom stereocenters. The molecule has 0 aromatic heterocycles. The zero-order valence-corrected chi connectivity index (χ0v) is 13.6. The molecule has 0 saturated carbocycles. The van der Waals surface area contributed by atoms with Crippen molar-refractivity contribution in [1.29, 1.82) is 0 Å². The molecule has 0 spiro atoms. The van der Waals surface area contributed by atoms with Gasteiger partial charge in [-0.2, -0.15) is 0 Å². The number of nitrogens with one attached hydrogen (secondary N) is 1. The van der Waals surface area contributed by atoms with Gasteiger partial charge in [0, 0.05) is 0 Å². The van der Waals surface area contributed by atoms with E-state index in [9.17, 15) is 4.79 Å². The van der Waals surface area contributed by atoms with Gasteiger partial charge in [0.05, 0.1) is 25.9 Å². The van der Waals surface area contributed by atoms with Crippen LogP contribution in [0.3, 0.4) is 0 Å². The van der Waals surface area contributed by atoms with Gasteiger partial charge in [0.15, 0.2) is 6.10 Å². The van der Waals surface area contributed by atoms with Crippen LogP contribution in [0.1, 0.15) is 18.5 Å². The first-order valence-corrected chi connectivity index (χ1v) is 8.05. The Labute approximate surface area is 141 Å². The van der Waals surface area contributed by atoms with Gasteiger partial charge < -0.3 is 19.5 Å². The maximum absolute atomic E-state index is 12.1. The highest BCUT2D eigenvalue weighted by Crippen LogP contribution is 2.23. The Morgan fingerprint density at radius 3 is 2.46 bits per heavy atom. The van der Waals surface area contributed by atoms with Gasteiger partial charge in [-0.15, -0.1) is 0 Å². The van der Waals surface area contributed by atoms with Crippen LogP contribution >= 0.6 is 0 Å². The molecule has 0 radical (unpaired) electrons. The topological polar surface area (TPSA) is 56.8 Å². The predicted molar refractivity (Wildman–Crippen MR) is 90.1 cm³/mol. The van der Waals surface area contributed by atoms with Crippen molar-refractivity contribution in [2.24, 2.45) is 0 Å². The second-order valence-electron chi connectivity index (χ2n) is 5.65. The standard InChI is InChI=1S/C19H21NO4/c1-14(20-19(21)18-13-22-11-12-23-18)15-7-9-17(10-8-15)24-16-5-3-2-4-6-16/h2-10,14,18H,11-13H2,1H3,(H,20,21). The van der Waals surface area contributed by atoms with Crippen LogP contribution in [0.4, 0.5) is 0 Å². The van der Waals surface area contributed by atoms with Crippen molar-refractivity contribution in [2.75, 3.05) is 19.8 Å². The van der Waals surface area contributed by atoms with E-state index in [1.165, 1.54) is 0 Å². The number of benzene rings is 2. The summed E-state index contributed by atoms with van der Waals surface area (Å²) in [5.41, 5.74) is 1.00. The number of carbonyl (C=O) groups is 1. The molecule has 1 heterocycles. The molecule has 5 nitrogen and oxygen atoms in total. The largest absolute Gasteiger partial charge is 0.457 e. The van der Waals surface area contributed by atoms with Gasteiger partial charge in [-0.3, -0.25) is 4.79 Å². The third-order valence-electron chi connectivity index (χ3n) is 3.83. The molecule has 1 aliphatic heterocycles. The number of para-hydroxylation sites is 1. The molecule has 5 heteroatoms. The predicted octanol–water partition coefficient (Wildman–Crippen LogP) is 3.07. The van der Waals surface area contributed by atoms with Crippen LogP contribution in [0.15, 0.2) is 54.6 Å². The molecule has 1 N–H and O–H groups in total. The lowest BCUT2D eigenvalue weighted by atomic mass is 10.1. The minimum atomic E-state index is -0.526. The third kappa shape index (κ3) is 4.34. The van der Waals surface area contributed by atoms with Crippen molar-refractivity contribution >= 4 is 5.91 Å². The number of amides is 1. The van der Waals surface area contributed by atoms with E-state index in [1.807, 2.05) is 61.5 Å². The summed E-state index contributed by atoms with van der Waals surface area (Å²) >= 11 is 0. The minimum absolute atomic E-state index is 0.117. The normalized spacial score (nSPS) is 18.6. The van der Waals surface area contributed by atoms with E-state index in [4.69, 9.17) is 14.2 Å². The summed E-state index contributed by atoms with van der Waals surface area (Å²) in [7, 11) is 0. The van der Waals surface area contributed by atoms with Crippen LogP contribution in [0.5, 0.6) is 11.5 Å². The maximum atomic E-state index is 12.1. The smallest absolute Gasteiger partial charge is 0.252 e. The Balaban J connectivity index is 1.57. The fourth-order valence-corrected chi connectivity index (χ4v) is 2.48. The van der Waals surface area contributed by atoms with Gasteiger partial charge >= 0.3 is 0 Å². The van der Waals surface area contributed by atoms with Crippen molar-refractivity contribution in [1.82, 2.24) is 5.32 Å².